The van der Waals surface area contributed by atoms with Gasteiger partial charge in [0, 0.05) is 29.4 Å². The van der Waals surface area contributed by atoms with Gasteiger partial charge in [0.05, 0.1) is 5.02 Å². The second-order valence-corrected chi connectivity index (χ2v) is 4.42. The summed E-state index contributed by atoms with van der Waals surface area (Å²) in [6.45, 7) is 0. The lowest BCUT2D eigenvalue weighted by Gasteiger charge is -2.03. The third kappa shape index (κ3) is 3.05. The van der Waals surface area contributed by atoms with Gasteiger partial charge in [-0.3, -0.25) is 9.78 Å². The number of hydrogen-bond donors (Lipinski definition) is 0. The van der Waals surface area contributed by atoms with Crippen molar-refractivity contribution in [2.75, 3.05) is 0 Å². The molecule has 2 nitrogen and oxygen atoms in total. The minimum absolute atomic E-state index is 0.0133. The van der Waals surface area contributed by atoms with Crippen LogP contribution in [-0.2, 0) is 6.42 Å². The molecule has 0 radical (unpaired) electrons. The summed E-state index contributed by atoms with van der Waals surface area (Å²) in [7, 11) is 0. The van der Waals surface area contributed by atoms with E-state index in [1.807, 2.05) is 0 Å². The first kappa shape index (κ1) is 12.1. The number of ketones is 1. The van der Waals surface area contributed by atoms with E-state index in [-0.39, 0.29) is 12.2 Å². The van der Waals surface area contributed by atoms with Gasteiger partial charge < -0.3 is 0 Å². The van der Waals surface area contributed by atoms with Crippen LogP contribution in [0, 0.1) is 0 Å². The van der Waals surface area contributed by atoms with Gasteiger partial charge in [-0.2, -0.15) is 0 Å². The summed E-state index contributed by atoms with van der Waals surface area (Å²) in [5, 5.41) is 1.06. The Kier molecular flexibility index (Phi) is 3.77. The molecule has 0 bridgehead atoms. The maximum atomic E-state index is 12.0. The van der Waals surface area contributed by atoms with Crippen molar-refractivity contribution >= 4 is 29.0 Å². The summed E-state index contributed by atoms with van der Waals surface area (Å²) >= 11 is 11.8. The average molecular weight is 266 g/mol. The first-order valence-electron chi connectivity index (χ1n) is 5.04. The zero-order valence-electron chi connectivity index (χ0n) is 8.86. The van der Waals surface area contributed by atoms with Gasteiger partial charge in [0.15, 0.2) is 5.78 Å². The van der Waals surface area contributed by atoms with Crippen LogP contribution in [0.1, 0.15) is 15.9 Å². The van der Waals surface area contributed by atoms with E-state index < -0.39 is 0 Å². The maximum Gasteiger partial charge on any atom is 0.167 e. The molecular formula is C13H9Cl2NO. The molecule has 17 heavy (non-hydrogen) atoms. The second kappa shape index (κ2) is 5.30. The Labute approximate surface area is 109 Å². The van der Waals surface area contributed by atoms with Crippen molar-refractivity contribution in [2.45, 2.75) is 6.42 Å². The molecule has 0 spiro atoms. The summed E-state index contributed by atoms with van der Waals surface area (Å²) in [6, 6.07) is 8.62. The van der Waals surface area contributed by atoms with E-state index in [1.165, 1.54) is 6.20 Å². The predicted octanol–water partition coefficient (Wildman–Crippen LogP) is 3.81. The summed E-state index contributed by atoms with van der Waals surface area (Å²) < 4.78 is 0. The van der Waals surface area contributed by atoms with Gasteiger partial charge >= 0.3 is 0 Å². The fourth-order valence-corrected chi connectivity index (χ4v) is 1.86. The van der Waals surface area contributed by atoms with Crippen LogP contribution in [0.3, 0.4) is 0 Å². The lowest BCUT2D eigenvalue weighted by molar-refractivity contribution is 0.0993. The van der Waals surface area contributed by atoms with Crippen molar-refractivity contribution in [1.29, 1.82) is 0 Å². The zero-order valence-corrected chi connectivity index (χ0v) is 10.4. The van der Waals surface area contributed by atoms with Crippen LogP contribution in [0.2, 0.25) is 10.0 Å². The normalized spacial score (nSPS) is 10.2. The summed E-state index contributed by atoms with van der Waals surface area (Å²) in [5.41, 5.74) is 1.36. The number of pyridine rings is 1. The zero-order chi connectivity index (χ0) is 12.3. The quantitative estimate of drug-likeness (QED) is 0.790. The highest BCUT2D eigenvalue weighted by atomic mass is 35.5. The van der Waals surface area contributed by atoms with Gasteiger partial charge in [-0.15, -0.1) is 0 Å². The number of aromatic nitrogens is 1. The first-order chi connectivity index (χ1) is 8.16. The number of rotatable bonds is 3. The molecule has 2 aromatic rings. The Balaban J connectivity index is 2.20. The van der Waals surface area contributed by atoms with E-state index in [4.69, 9.17) is 23.2 Å². The molecule has 0 aliphatic rings. The lowest BCUT2D eigenvalue weighted by Crippen LogP contribution is -2.04. The Morgan fingerprint density at radius 3 is 2.76 bits per heavy atom. The molecule has 0 fully saturated rings. The van der Waals surface area contributed by atoms with Gasteiger partial charge in [-0.1, -0.05) is 35.3 Å². The third-order valence-electron chi connectivity index (χ3n) is 2.35. The van der Waals surface area contributed by atoms with E-state index in [0.717, 1.165) is 5.56 Å². The molecule has 0 saturated carbocycles. The molecule has 1 aromatic carbocycles. The predicted molar refractivity (Wildman–Crippen MR) is 68.7 cm³/mol. The highest BCUT2D eigenvalue weighted by Crippen LogP contribution is 2.17. The molecule has 4 heteroatoms. The van der Waals surface area contributed by atoms with Gasteiger partial charge in [-0.05, 0) is 23.8 Å². The molecular weight excluding hydrogens is 257 g/mol. The van der Waals surface area contributed by atoms with E-state index >= 15 is 0 Å². The maximum absolute atomic E-state index is 12.0. The Morgan fingerprint density at radius 2 is 2.06 bits per heavy atom. The number of nitrogens with zero attached hydrogens (tertiary/aromatic N) is 1. The van der Waals surface area contributed by atoms with E-state index in [2.05, 4.69) is 4.98 Å². The fourth-order valence-electron chi connectivity index (χ4n) is 1.48. The smallest absolute Gasteiger partial charge is 0.167 e. The molecule has 0 amide bonds. The molecule has 0 unspecified atom stereocenters. The topological polar surface area (TPSA) is 30.0 Å². The van der Waals surface area contributed by atoms with Crippen molar-refractivity contribution in [3.8, 4) is 0 Å². The number of halogens is 2. The molecule has 1 aromatic heterocycles. The largest absolute Gasteiger partial charge is 0.294 e. The summed E-state index contributed by atoms with van der Waals surface area (Å²) in [4.78, 5) is 15.9. The Morgan fingerprint density at radius 1 is 1.24 bits per heavy atom. The van der Waals surface area contributed by atoms with Crippen LogP contribution < -0.4 is 0 Å². The highest BCUT2D eigenvalue weighted by Gasteiger charge is 2.09. The number of benzene rings is 1. The fraction of sp³-hybridized carbons (Fsp3) is 0.0769. The van der Waals surface area contributed by atoms with Crippen molar-refractivity contribution in [3.05, 3.63) is 63.9 Å². The van der Waals surface area contributed by atoms with Crippen LogP contribution in [0.4, 0.5) is 0 Å². The highest BCUT2D eigenvalue weighted by molar-refractivity contribution is 6.31. The SMILES string of the molecule is O=C(Cc1ccncc1Cl)c1cccc(Cl)c1. The Bertz CT molecular complexity index is 555. The van der Waals surface area contributed by atoms with Crippen LogP contribution in [0.25, 0.3) is 0 Å². The molecule has 2 rings (SSSR count). The third-order valence-corrected chi connectivity index (χ3v) is 2.93. The Hall–Kier alpha value is -1.38. The monoisotopic (exact) mass is 265 g/mol. The molecule has 0 saturated heterocycles. The van der Waals surface area contributed by atoms with Crippen LogP contribution in [0.15, 0.2) is 42.7 Å². The standard InChI is InChI=1S/C13H9Cl2NO/c14-11-3-1-2-10(6-11)13(17)7-9-4-5-16-8-12(9)15/h1-6,8H,7H2. The number of hydrogen-bond acceptors (Lipinski definition) is 2. The van der Waals surface area contributed by atoms with Crippen LogP contribution in [-0.4, -0.2) is 10.8 Å². The summed E-state index contributed by atoms with van der Waals surface area (Å²) in [5.74, 6) is -0.0133. The summed E-state index contributed by atoms with van der Waals surface area (Å²) in [6.07, 6.45) is 3.40. The van der Waals surface area contributed by atoms with Crippen molar-refractivity contribution < 1.29 is 4.79 Å². The van der Waals surface area contributed by atoms with Crippen molar-refractivity contribution in [3.63, 3.8) is 0 Å². The van der Waals surface area contributed by atoms with Crippen molar-refractivity contribution in [2.24, 2.45) is 0 Å². The van der Waals surface area contributed by atoms with E-state index in [0.29, 0.717) is 15.6 Å². The molecule has 0 atom stereocenters. The van der Waals surface area contributed by atoms with Gasteiger partial charge in [-0.25, -0.2) is 0 Å². The van der Waals surface area contributed by atoms with Gasteiger partial charge in [0.1, 0.15) is 0 Å². The molecule has 0 aliphatic heterocycles. The van der Waals surface area contributed by atoms with Gasteiger partial charge in [0.25, 0.3) is 0 Å². The van der Waals surface area contributed by atoms with Gasteiger partial charge in [0.2, 0.25) is 0 Å². The second-order valence-electron chi connectivity index (χ2n) is 3.58. The molecule has 0 N–H and O–H groups in total. The molecule has 0 aliphatic carbocycles. The van der Waals surface area contributed by atoms with Crippen LogP contribution in [0.5, 0.6) is 0 Å². The number of Topliss-reactive ketones (excluding diaryl/α,β-unsaturated/α-hetero) is 1. The lowest BCUT2D eigenvalue weighted by atomic mass is 10.0. The minimum Gasteiger partial charge on any atom is -0.294 e. The van der Waals surface area contributed by atoms with E-state index in [9.17, 15) is 4.79 Å². The van der Waals surface area contributed by atoms with E-state index in [1.54, 1.807) is 36.5 Å². The van der Waals surface area contributed by atoms with Crippen LogP contribution >= 0.6 is 23.2 Å². The van der Waals surface area contributed by atoms with Crippen molar-refractivity contribution in [1.82, 2.24) is 4.98 Å². The molecule has 86 valence electrons. The molecule has 1 heterocycles. The average Bonchev–Trinajstić information content (AvgIpc) is 2.32. The minimum atomic E-state index is -0.0133. The first-order valence-corrected chi connectivity index (χ1v) is 5.79. The number of carbonyl (C=O) groups is 1. The number of carbonyl (C=O) groups excluding carboxylic acids is 1.